The molecule has 0 amide bonds. The zero-order valence-electron chi connectivity index (χ0n) is 8.14. The summed E-state index contributed by atoms with van der Waals surface area (Å²) in [7, 11) is 0. The third-order valence-corrected chi connectivity index (χ3v) is 3.94. The van der Waals surface area contributed by atoms with E-state index in [2.05, 4.69) is 20.9 Å². The average Bonchev–Trinajstić information content (AvgIpc) is 2.19. The second-order valence-corrected chi connectivity index (χ2v) is 4.58. The summed E-state index contributed by atoms with van der Waals surface area (Å²) in [5, 5.41) is 19.5. The van der Waals surface area contributed by atoms with Crippen LogP contribution in [0.3, 0.4) is 0 Å². The van der Waals surface area contributed by atoms with Gasteiger partial charge >= 0.3 is 5.97 Å². The number of aliphatic carboxylic acids is 1. The van der Waals surface area contributed by atoms with Crippen molar-refractivity contribution in [2.45, 2.75) is 11.9 Å². The van der Waals surface area contributed by atoms with Gasteiger partial charge in [-0.2, -0.15) is 0 Å². The Kier molecular flexibility index (Phi) is 4.25. The molecular formula is C8H7BrN2O4S. The van der Waals surface area contributed by atoms with Gasteiger partial charge in [0.25, 0.3) is 5.69 Å². The number of pyridine rings is 1. The van der Waals surface area contributed by atoms with Gasteiger partial charge in [-0.3, -0.25) is 14.9 Å². The molecule has 1 N–H and O–H groups in total. The standard InChI is InChI=1S/C8H7BrN2O4S/c1-4-5(11(14)15)2-10-8(7(4)9)16-3-6(12)13/h2H,3H2,1H3,(H,12,13). The van der Waals surface area contributed by atoms with Gasteiger partial charge in [0.2, 0.25) is 0 Å². The molecule has 0 aliphatic rings. The second-order valence-electron chi connectivity index (χ2n) is 2.83. The number of carboxylic acids is 1. The van der Waals surface area contributed by atoms with Gasteiger partial charge in [0.05, 0.1) is 15.1 Å². The van der Waals surface area contributed by atoms with Crippen LogP contribution in [0.2, 0.25) is 0 Å². The van der Waals surface area contributed by atoms with E-state index in [0.29, 0.717) is 15.1 Å². The van der Waals surface area contributed by atoms with Crippen molar-refractivity contribution in [1.82, 2.24) is 4.98 Å². The fourth-order valence-electron chi connectivity index (χ4n) is 0.961. The van der Waals surface area contributed by atoms with Crippen LogP contribution in [0, 0.1) is 17.0 Å². The number of rotatable bonds is 4. The van der Waals surface area contributed by atoms with E-state index in [0.717, 1.165) is 18.0 Å². The predicted molar refractivity (Wildman–Crippen MR) is 61.7 cm³/mol. The molecule has 0 saturated heterocycles. The van der Waals surface area contributed by atoms with Crippen LogP contribution < -0.4 is 0 Å². The minimum absolute atomic E-state index is 0.0912. The highest BCUT2D eigenvalue weighted by Crippen LogP contribution is 2.32. The Morgan fingerprint density at radius 1 is 1.75 bits per heavy atom. The summed E-state index contributed by atoms with van der Waals surface area (Å²) in [4.78, 5) is 24.3. The molecule has 86 valence electrons. The summed E-state index contributed by atoms with van der Waals surface area (Å²) >= 11 is 4.18. The highest BCUT2D eigenvalue weighted by Gasteiger charge is 2.17. The van der Waals surface area contributed by atoms with Gasteiger partial charge in [0, 0.05) is 5.56 Å². The van der Waals surface area contributed by atoms with E-state index in [-0.39, 0.29) is 11.4 Å². The molecule has 0 radical (unpaired) electrons. The van der Waals surface area contributed by atoms with Gasteiger partial charge in [-0.05, 0) is 22.9 Å². The number of hydrogen-bond acceptors (Lipinski definition) is 5. The van der Waals surface area contributed by atoms with Gasteiger partial charge in [0.15, 0.2) is 0 Å². The molecule has 6 nitrogen and oxygen atoms in total. The number of nitrogens with zero attached hydrogens (tertiary/aromatic N) is 2. The summed E-state index contributed by atoms with van der Waals surface area (Å²) in [5.74, 6) is -1.10. The van der Waals surface area contributed by atoms with Crippen LogP contribution in [0.5, 0.6) is 0 Å². The van der Waals surface area contributed by atoms with Crippen LogP contribution in [-0.4, -0.2) is 26.7 Å². The van der Waals surface area contributed by atoms with E-state index in [1.165, 1.54) is 0 Å². The van der Waals surface area contributed by atoms with Gasteiger partial charge < -0.3 is 5.11 Å². The highest BCUT2D eigenvalue weighted by atomic mass is 79.9. The minimum atomic E-state index is -0.963. The van der Waals surface area contributed by atoms with Gasteiger partial charge in [-0.25, -0.2) is 4.98 Å². The van der Waals surface area contributed by atoms with Crippen molar-refractivity contribution in [2.24, 2.45) is 0 Å². The average molecular weight is 307 g/mol. The first kappa shape index (κ1) is 12.9. The van der Waals surface area contributed by atoms with E-state index in [4.69, 9.17) is 5.11 Å². The number of carbonyl (C=O) groups is 1. The summed E-state index contributed by atoms with van der Waals surface area (Å²) in [6.45, 7) is 1.58. The van der Waals surface area contributed by atoms with Crippen LogP contribution >= 0.6 is 27.7 Å². The zero-order chi connectivity index (χ0) is 12.3. The lowest BCUT2D eigenvalue weighted by Gasteiger charge is -2.04. The number of halogens is 1. The molecule has 0 aliphatic carbocycles. The fourth-order valence-corrected chi connectivity index (χ4v) is 2.28. The maximum Gasteiger partial charge on any atom is 0.313 e. The summed E-state index contributed by atoms with van der Waals surface area (Å²) in [5.41, 5.74) is 0.347. The molecule has 16 heavy (non-hydrogen) atoms. The van der Waals surface area contributed by atoms with Crippen LogP contribution in [0.25, 0.3) is 0 Å². The van der Waals surface area contributed by atoms with Crippen molar-refractivity contribution in [3.8, 4) is 0 Å². The van der Waals surface area contributed by atoms with E-state index < -0.39 is 10.9 Å². The van der Waals surface area contributed by atoms with E-state index in [1.54, 1.807) is 6.92 Å². The third-order valence-electron chi connectivity index (χ3n) is 1.73. The Bertz CT molecular complexity index is 452. The first-order valence-electron chi connectivity index (χ1n) is 4.07. The van der Waals surface area contributed by atoms with Crippen molar-refractivity contribution >= 4 is 39.3 Å². The highest BCUT2D eigenvalue weighted by molar-refractivity contribution is 9.10. The number of carboxylic acid groups (broad SMARTS) is 1. The van der Waals surface area contributed by atoms with Gasteiger partial charge in [-0.1, -0.05) is 11.8 Å². The first-order valence-corrected chi connectivity index (χ1v) is 5.85. The molecule has 0 saturated carbocycles. The van der Waals surface area contributed by atoms with Crippen molar-refractivity contribution in [1.29, 1.82) is 0 Å². The number of hydrogen-bond donors (Lipinski definition) is 1. The fraction of sp³-hybridized carbons (Fsp3) is 0.250. The Balaban J connectivity index is 3.02. The molecule has 0 aliphatic heterocycles. The van der Waals surface area contributed by atoms with Gasteiger partial charge in [-0.15, -0.1) is 0 Å². The van der Waals surface area contributed by atoms with Crippen LogP contribution in [-0.2, 0) is 4.79 Å². The van der Waals surface area contributed by atoms with Gasteiger partial charge in [0.1, 0.15) is 11.2 Å². The van der Waals surface area contributed by atoms with Crippen molar-refractivity contribution in [3.05, 3.63) is 26.3 Å². The predicted octanol–water partition coefficient (Wildman–Crippen LogP) is 2.24. The lowest BCUT2D eigenvalue weighted by atomic mass is 10.3. The van der Waals surface area contributed by atoms with Crippen LogP contribution in [0.1, 0.15) is 5.56 Å². The maximum atomic E-state index is 10.6. The Morgan fingerprint density at radius 2 is 2.38 bits per heavy atom. The van der Waals surface area contributed by atoms with Crippen molar-refractivity contribution in [3.63, 3.8) is 0 Å². The van der Waals surface area contributed by atoms with Crippen molar-refractivity contribution in [2.75, 3.05) is 5.75 Å². The number of aromatic nitrogens is 1. The molecule has 0 unspecified atom stereocenters. The molecular weight excluding hydrogens is 300 g/mol. The molecule has 0 aromatic carbocycles. The summed E-state index contributed by atoms with van der Waals surface area (Å²) < 4.78 is 0.466. The molecule has 8 heteroatoms. The quantitative estimate of drug-likeness (QED) is 0.521. The largest absolute Gasteiger partial charge is 0.481 e. The molecule has 0 atom stereocenters. The Morgan fingerprint density at radius 3 is 2.88 bits per heavy atom. The lowest BCUT2D eigenvalue weighted by molar-refractivity contribution is -0.385. The molecule has 1 heterocycles. The first-order chi connectivity index (χ1) is 7.43. The summed E-state index contributed by atoms with van der Waals surface area (Å²) in [6, 6.07) is 0. The molecule has 0 bridgehead atoms. The summed E-state index contributed by atoms with van der Waals surface area (Å²) in [6.07, 6.45) is 1.13. The zero-order valence-corrected chi connectivity index (χ0v) is 10.5. The monoisotopic (exact) mass is 306 g/mol. The Hall–Kier alpha value is -1.15. The number of thioether (sulfide) groups is 1. The van der Waals surface area contributed by atoms with Crippen LogP contribution in [0.15, 0.2) is 15.7 Å². The molecule has 0 fully saturated rings. The molecule has 1 aromatic rings. The van der Waals surface area contributed by atoms with Crippen LogP contribution in [0.4, 0.5) is 5.69 Å². The second kappa shape index (κ2) is 5.26. The van der Waals surface area contributed by atoms with Crippen molar-refractivity contribution < 1.29 is 14.8 Å². The SMILES string of the molecule is Cc1c([N+](=O)[O-])cnc(SCC(=O)O)c1Br. The van der Waals surface area contributed by atoms with E-state index in [9.17, 15) is 14.9 Å². The minimum Gasteiger partial charge on any atom is -0.481 e. The third kappa shape index (κ3) is 2.92. The topological polar surface area (TPSA) is 93.3 Å². The molecule has 0 spiro atoms. The Labute approximate surface area is 103 Å². The van der Waals surface area contributed by atoms with E-state index >= 15 is 0 Å². The normalized spacial score (nSPS) is 10.1. The molecule has 1 rings (SSSR count). The lowest BCUT2D eigenvalue weighted by Crippen LogP contribution is -2.00. The van der Waals surface area contributed by atoms with E-state index in [1.807, 2.05) is 0 Å². The number of nitro groups is 1. The maximum absolute atomic E-state index is 10.6. The smallest absolute Gasteiger partial charge is 0.313 e. The molecule has 1 aromatic heterocycles.